The molecule has 2 aliphatic carbocycles. The lowest BCUT2D eigenvalue weighted by atomic mass is 9.89. The van der Waals surface area contributed by atoms with Gasteiger partial charge in [0, 0.05) is 35.1 Å². The van der Waals surface area contributed by atoms with Gasteiger partial charge in [-0.05, 0) is 75.6 Å². The molecule has 1 heterocycles. The van der Waals surface area contributed by atoms with Crippen molar-refractivity contribution in [3.8, 4) is 0 Å². The molecule has 4 nitrogen and oxygen atoms in total. The second-order valence-electron chi connectivity index (χ2n) is 8.20. The van der Waals surface area contributed by atoms with Crippen LogP contribution in [0.25, 0.3) is 10.8 Å². The summed E-state index contributed by atoms with van der Waals surface area (Å²) >= 11 is 0. The Labute approximate surface area is 154 Å². The molecule has 0 spiro atoms. The molecule has 0 amide bonds. The fraction of sp³-hybridized carbons (Fsp3) is 0.550. The molecular weight excluding hydrogens is 351 g/mol. The minimum atomic E-state index is -3.80. The third-order valence-electron chi connectivity index (χ3n) is 5.26. The Kier molecular flexibility index (Phi) is 4.31. The van der Waals surface area contributed by atoms with Crippen LogP contribution in [0.4, 0.5) is 4.39 Å². The van der Waals surface area contributed by atoms with E-state index < -0.39 is 15.7 Å². The number of alkyl halides is 1. The summed E-state index contributed by atoms with van der Waals surface area (Å²) in [5, 5.41) is 1.58. The van der Waals surface area contributed by atoms with Crippen LogP contribution in [0.15, 0.2) is 23.2 Å². The lowest BCUT2D eigenvalue weighted by Gasteiger charge is -2.23. The Hall–Kier alpha value is -1.53. The van der Waals surface area contributed by atoms with E-state index in [0.717, 1.165) is 66.1 Å². The van der Waals surface area contributed by atoms with Gasteiger partial charge in [-0.15, -0.1) is 0 Å². The first kappa shape index (κ1) is 17.9. The third-order valence-corrected chi connectivity index (χ3v) is 6.79. The van der Waals surface area contributed by atoms with Crippen molar-refractivity contribution in [2.24, 2.45) is 0 Å². The molecule has 0 bridgehead atoms. The van der Waals surface area contributed by atoms with Gasteiger partial charge in [0.1, 0.15) is 5.67 Å². The molecule has 1 aromatic carbocycles. The zero-order valence-corrected chi connectivity index (χ0v) is 16.1. The molecule has 1 N–H and O–H groups in total. The molecule has 0 aliphatic heterocycles. The van der Waals surface area contributed by atoms with E-state index in [2.05, 4.69) is 15.8 Å². The summed E-state index contributed by atoms with van der Waals surface area (Å²) in [5.74, 6) is 0.448. The van der Waals surface area contributed by atoms with Crippen molar-refractivity contribution >= 4 is 20.8 Å². The van der Waals surface area contributed by atoms with E-state index >= 15 is 0 Å². The molecule has 0 unspecified atom stereocenters. The summed E-state index contributed by atoms with van der Waals surface area (Å²) < 4.78 is 42.8. The summed E-state index contributed by atoms with van der Waals surface area (Å²) in [5.41, 5.74) is 1.36. The molecular formula is C20H25FN2O2S. The summed E-state index contributed by atoms with van der Waals surface area (Å²) in [6.45, 7) is 2.52. The molecule has 140 valence electrons. The Morgan fingerprint density at radius 3 is 2.65 bits per heavy atom. The number of fused-ring (bicyclic) bond motifs is 2. The molecule has 1 saturated carbocycles. The van der Waals surface area contributed by atoms with Crippen molar-refractivity contribution < 1.29 is 12.8 Å². The van der Waals surface area contributed by atoms with E-state index in [4.69, 9.17) is 0 Å². The molecule has 6 heteroatoms. The highest BCUT2D eigenvalue weighted by Crippen LogP contribution is 2.41. The van der Waals surface area contributed by atoms with Gasteiger partial charge >= 0.3 is 0 Å². The lowest BCUT2D eigenvalue weighted by molar-refractivity contribution is 0.221. The van der Waals surface area contributed by atoms with Gasteiger partial charge in [-0.25, -0.2) is 17.5 Å². The summed E-state index contributed by atoms with van der Waals surface area (Å²) in [7, 11) is -3.80. The van der Waals surface area contributed by atoms with Crippen molar-refractivity contribution in [1.82, 2.24) is 9.71 Å². The highest BCUT2D eigenvalue weighted by atomic mass is 32.2. The molecule has 1 fully saturated rings. The molecule has 2 aliphatic rings. The quantitative estimate of drug-likeness (QED) is 0.857. The maximum Gasteiger partial charge on any atom is 0.241 e. The van der Waals surface area contributed by atoms with E-state index in [-0.39, 0.29) is 6.54 Å². The number of nitrogens with zero attached hydrogens (tertiary/aromatic N) is 1. The van der Waals surface area contributed by atoms with Crippen LogP contribution in [0.5, 0.6) is 0 Å². The number of sulfonamides is 1. The molecule has 1 aromatic heterocycles. The van der Waals surface area contributed by atoms with Crippen LogP contribution in [0, 0.1) is 0 Å². The van der Waals surface area contributed by atoms with Crippen molar-refractivity contribution in [2.45, 2.75) is 68.9 Å². The van der Waals surface area contributed by atoms with Gasteiger partial charge < -0.3 is 0 Å². The van der Waals surface area contributed by atoms with Crippen LogP contribution in [0.3, 0.4) is 0 Å². The Morgan fingerprint density at radius 2 is 1.96 bits per heavy atom. The van der Waals surface area contributed by atoms with Crippen LogP contribution in [0.1, 0.15) is 62.3 Å². The number of halogens is 1. The zero-order chi connectivity index (χ0) is 18.5. The van der Waals surface area contributed by atoms with Crippen molar-refractivity contribution in [1.29, 1.82) is 0 Å². The van der Waals surface area contributed by atoms with E-state index in [9.17, 15) is 12.8 Å². The number of rotatable bonds is 5. The minimum absolute atomic E-state index is 0.235. The van der Waals surface area contributed by atoms with Gasteiger partial charge in [0.05, 0.1) is 4.90 Å². The number of hydrogen-bond donors (Lipinski definition) is 1. The molecule has 2 aromatic rings. The van der Waals surface area contributed by atoms with Crippen molar-refractivity contribution in [3.63, 3.8) is 0 Å². The Balaban J connectivity index is 1.90. The fourth-order valence-corrected chi connectivity index (χ4v) is 5.44. The third kappa shape index (κ3) is 3.49. The second-order valence-corrected chi connectivity index (χ2v) is 9.90. The van der Waals surface area contributed by atoms with Gasteiger partial charge in [0.15, 0.2) is 0 Å². The topological polar surface area (TPSA) is 59.1 Å². The van der Waals surface area contributed by atoms with Crippen LogP contribution in [-0.2, 0) is 22.9 Å². The maximum absolute atomic E-state index is 13.9. The number of nitrogens with one attached hydrogen (secondary N) is 1. The van der Waals surface area contributed by atoms with Gasteiger partial charge in [-0.3, -0.25) is 4.98 Å². The number of hydrogen-bond acceptors (Lipinski definition) is 3. The predicted molar refractivity (Wildman–Crippen MR) is 101 cm³/mol. The van der Waals surface area contributed by atoms with Gasteiger partial charge in [0.25, 0.3) is 0 Å². The highest BCUT2D eigenvalue weighted by Gasteiger charge is 2.30. The Bertz CT molecular complexity index is 960. The number of aromatic nitrogens is 1. The fourth-order valence-electron chi connectivity index (χ4n) is 3.74. The number of aryl methyl sites for hydroxylation is 1. The normalized spacial score (nSPS) is 18.1. The van der Waals surface area contributed by atoms with Crippen LogP contribution in [0.2, 0.25) is 0 Å². The van der Waals surface area contributed by atoms with Crippen molar-refractivity contribution in [3.05, 3.63) is 35.2 Å². The molecule has 0 atom stereocenters. The summed E-state index contributed by atoms with van der Waals surface area (Å²) in [6, 6.07) is 4.03. The van der Waals surface area contributed by atoms with Crippen LogP contribution >= 0.6 is 0 Å². The lowest BCUT2D eigenvalue weighted by Crippen LogP contribution is -2.36. The zero-order valence-electron chi connectivity index (χ0n) is 15.3. The Morgan fingerprint density at radius 1 is 1.23 bits per heavy atom. The average molecular weight is 376 g/mol. The first-order valence-corrected chi connectivity index (χ1v) is 10.9. The van der Waals surface area contributed by atoms with E-state index in [1.165, 1.54) is 13.8 Å². The van der Waals surface area contributed by atoms with E-state index in [1.54, 1.807) is 6.20 Å². The first-order valence-electron chi connectivity index (χ1n) is 9.38. The summed E-state index contributed by atoms with van der Waals surface area (Å²) in [4.78, 5) is 4.90. The molecule has 0 saturated heterocycles. The number of benzene rings is 1. The monoisotopic (exact) mass is 376 g/mol. The largest absolute Gasteiger partial charge is 0.260 e. The standard InChI is InChI=1S/C20H25FN2O2S/c1-20(2,21)12-23-26(24,25)19-16-6-4-3-5-14(16)9-15-11-22-18(10-17(15)19)13-7-8-13/h9-11,13,23H,3-8,12H2,1-2H3. The number of pyridine rings is 1. The smallest absolute Gasteiger partial charge is 0.241 e. The first-order chi connectivity index (χ1) is 12.2. The molecule has 0 radical (unpaired) electrons. The van der Waals surface area contributed by atoms with Gasteiger partial charge in [-0.1, -0.05) is 0 Å². The summed E-state index contributed by atoms with van der Waals surface area (Å²) in [6.07, 6.45) is 7.71. The SMILES string of the molecule is CC(C)(F)CNS(=O)(=O)c1c2c(cc3cnc(C4CC4)cc13)CCCC2. The van der Waals surface area contributed by atoms with Crippen LogP contribution < -0.4 is 4.72 Å². The second kappa shape index (κ2) is 6.27. The molecule has 4 rings (SSSR count). The van der Waals surface area contributed by atoms with Gasteiger partial charge in [0.2, 0.25) is 10.0 Å². The average Bonchev–Trinajstić information content (AvgIpc) is 3.42. The van der Waals surface area contributed by atoms with Gasteiger partial charge in [-0.2, -0.15) is 0 Å². The maximum atomic E-state index is 13.9. The minimum Gasteiger partial charge on any atom is -0.260 e. The van der Waals surface area contributed by atoms with Crippen molar-refractivity contribution in [2.75, 3.05) is 6.54 Å². The molecule has 26 heavy (non-hydrogen) atoms. The van der Waals surface area contributed by atoms with E-state index in [0.29, 0.717) is 10.8 Å². The van der Waals surface area contributed by atoms with E-state index in [1.807, 2.05) is 6.07 Å². The highest BCUT2D eigenvalue weighted by molar-refractivity contribution is 7.89. The predicted octanol–water partition coefficient (Wildman–Crippen LogP) is 4.02. The van der Waals surface area contributed by atoms with Crippen LogP contribution in [-0.4, -0.2) is 25.6 Å².